The lowest BCUT2D eigenvalue weighted by atomic mass is 9.94. The number of Topliss-reactive ketones (excluding diaryl/α,β-unsaturated/α-hetero) is 1. The summed E-state index contributed by atoms with van der Waals surface area (Å²) in [6, 6.07) is 8.82. The Labute approximate surface area is 197 Å². The van der Waals surface area contributed by atoms with Gasteiger partial charge in [0.15, 0.2) is 11.5 Å². The molecule has 3 rings (SSSR count). The van der Waals surface area contributed by atoms with E-state index in [1.807, 2.05) is 0 Å². The van der Waals surface area contributed by atoms with Gasteiger partial charge in [0, 0.05) is 30.8 Å². The predicted molar refractivity (Wildman–Crippen MR) is 123 cm³/mol. The smallest absolute Gasteiger partial charge is 0.295 e. The van der Waals surface area contributed by atoms with Crippen LogP contribution in [0.5, 0.6) is 17.2 Å². The van der Waals surface area contributed by atoms with Crippen molar-refractivity contribution in [1.29, 1.82) is 0 Å². The minimum absolute atomic E-state index is 0.0333. The van der Waals surface area contributed by atoms with Gasteiger partial charge in [-0.05, 0) is 48.4 Å². The molecule has 1 atom stereocenters. The molecule has 0 aromatic heterocycles. The fraction of sp³-hybridized carbons (Fsp3) is 0.333. The highest BCUT2D eigenvalue weighted by atomic mass is 35.5. The summed E-state index contributed by atoms with van der Waals surface area (Å²) in [4.78, 5) is 27.5. The number of methoxy groups -OCH3 is 4. The van der Waals surface area contributed by atoms with Crippen molar-refractivity contribution in [3.8, 4) is 17.2 Å². The second kappa shape index (κ2) is 10.6. The highest BCUT2D eigenvalue weighted by Crippen LogP contribution is 2.45. The maximum absolute atomic E-state index is 13.1. The van der Waals surface area contributed by atoms with Crippen LogP contribution in [0.4, 0.5) is 0 Å². The molecule has 2 aromatic rings. The second-order valence-electron chi connectivity index (χ2n) is 7.30. The Morgan fingerprint density at radius 1 is 1.00 bits per heavy atom. The van der Waals surface area contributed by atoms with Crippen LogP contribution < -0.4 is 14.2 Å². The molecule has 0 saturated carbocycles. The van der Waals surface area contributed by atoms with Crippen molar-refractivity contribution in [2.24, 2.45) is 0 Å². The molecule has 1 amide bonds. The van der Waals surface area contributed by atoms with E-state index in [0.717, 1.165) is 0 Å². The number of rotatable bonds is 9. The van der Waals surface area contributed by atoms with Gasteiger partial charge >= 0.3 is 0 Å². The first-order chi connectivity index (χ1) is 15.9. The summed E-state index contributed by atoms with van der Waals surface area (Å²) in [6.45, 7) is 0.652. The van der Waals surface area contributed by atoms with Crippen LogP contribution in [-0.2, 0) is 14.3 Å². The number of halogens is 1. The van der Waals surface area contributed by atoms with E-state index in [9.17, 15) is 14.7 Å². The Morgan fingerprint density at radius 3 is 2.12 bits per heavy atom. The maximum atomic E-state index is 13.1. The standard InChI is InChI=1S/C24H26ClNO7/c1-30-11-5-10-26-20(15-12-17(31-2)23(33-4)18(13-15)32-3)19(22(28)24(26)29)21(27)14-6-8-16(25)9-7-14/h6-9,12-13,20,27H,5,10-11H2,1-4H3/t20-/m0/s1. The molecule has 8 nitrogen and oxygen atoms in total. The van der Waals surface area contributed by atoms with Gasteiger partial charge in [0.1, 0.15) is 5.76 Å². The largest absolute Gasteiger partial charge is 0.507 e. The van der Waals surface area contributed by atoms with Gasteiger partial charge in [-0.1, -0.05) is 11.6 Å². The van der Waals surface area contributed by atoms with Crippen molar-refractivity contribution >= 4 is 29.1 Å². The van der Waals surface area contributed by atoms with E-state index >= 15 is 0 Å². The predicted octanol–water partition coefficient (Wildman–Crippen LogP) is 3.82. The topological polar surface area (TPSA) is 94.5 Å². The Morgan fingerprint density at radius 2 is 1.61 bits per heavy atom. The van der Waals surface area contributed by atoms with Crippen molar-refractivity contribution in [2.75, 3.05) is 41.6 Å². The quantitative estimate of drug-likeness (QED) is 0.255. The Bertz CT molecular complexity index is 1040. The number of hydrogen-bond donors (Lipinski definition) is 1. The molecule has 0 unspecified atom stereocenters. The zero-order chi connectivity index (χ0) is 24.1. The first-order valence-corrected chi connectivity index (χ1v) is 10.6. The number of carbonyl (C=O) groups is 2. The molecule has 1 aliphatic heterocycles. The van der Waals surface area contributed by atoms with Gasteiger partial charge in [-0.25, -0.2) is 0 Å². The lowest BCUT2D eigenvalue weighted by molar-refractivity contribution is -0.140. The number of amides is 1. The van der Waals surface area contributed by atoms with Crippen LogP contribution in [0.15, 0.2) is 42.0 Å². The van der Waals surface area contributed by atoms with Crippen LogP contribution in [0.3, 0.4) is 0 Å². The van der Waals surface area contributed by atoms with Crippen LogP contribution in [0.1, 0.15) is 23.6 Å². The summed E-state index contributed by atoms with van der Waals surface area (Å²) in [7, 11) is 6.00. The van der Waals surface area contributed by atoms with E-state index in [-0.39, 0.29) is 17.9 Å². The zero-order valence-corrected chi connectivity index (χ0v) is 19.6. The normalized spacial score (nSPS) is 17.4. The monoisotopic (exact) mass is 475 g/mol. The third kappa shape index (κ3) is 4.77. The molecular weight excluding hydrogens is 450 g/mol. The zero-order valence-electron chi connectivity index (χ0n) is 18.9. The van der Waals surface area contributed by atoms with Crippen LogP contribution in [0, 0.1) is 0 Å². The van der Waals surface area contributed by atoms with Crippen molar-refractivity contribution < 1.29 is 33.6 Å². The molecule has 1 aliphatic rings. The Kier molecular flexibility index (Phi) is 7.84. The SMILES string of the molecule is COCCCN1C(=O)C(=O)C(=C(O)c2ccc(Cl)cc2)[C@@H]1c1cc(OC)c(OC)c(OC)c1. The van der Waals surface area contributed by atoms with Crippen LogP contribution in [0.2, 0.25) is 5.02 Å². The number of likely N-dealkylation sites (tertiary alicyclic amines) is 1. The van der Waals surface area contributed by atoms with Gasteiger partial charge in [0.05, 0.1) is 32.9 Å². The molecule has 0 bridgehead atoms. The number of aliphatic hydroxyl groups is 1. The number of ketones is 1. The van der Waals surface area contributed by atoms with Gasteiger partial charge in [-0.15, -0.1) is 0 Å². The average molecular weight is 476 g/mol. The summed E-state index contributed by atoms with van der Waals surface area (Å²) >= 11 is 5.96. The lowest BCUT2D eigenvalue weighted by Gasteiger charge is -2.26. The van der Waals surface area contributed by atoms with E-state index < -0.39 is 17.7 Å². The maximum Gasteiger partial charge on any atom is 0.295 e. The van der Waals surface area contributed by atoms with E-state index in [2.05, 4.69) is 0 Å². The third-order valence-corrected chi connectivity index (χ3v) is 5.66. The van der Waals surface area contributed by atoms with E-state index in [1.54, 1.807) is 43.5 Å². The summed E-state index contributed by atoms with van der Waals surface area (Å²) in [5.74, 6) is -0.684. The van der Waals surface area contributed by atoms with E-state index in [0.29, 0.717) is 46.4 Å². The van der Waals surface area contributed by atoms with Crippen molar-refractivity contribution in [2.45, 2.75) is 12.5 Å². The number of nitrogens with zero attached hydrogens (tertiary/aromatic N) is 1. The Balaban J connectivity index is 2.22. The van der Waals surface area contributed by atoms with E-state index in [4.69, 9.17) is 30.5 Å². The molecule has 1 heterocycles. The molecule has 1 N–H and O–H groups in total. The molecule has 9 heteroatoms. The summed E-state index contributed by atoms with van der Waals surface area (Å²) < 4.78 is 21.4. The van der Waals surface area contributed by atoms with Crippen molar-refractivity contribution in [1.82, 2.24) is 4.90 Å². The molecule has 0 aliphatic carbocycles. The minimum Gasteiger partial charge on any atom is -0.507 e. The van der Waals surface area contributed by atoms with Crippen LogP contribution in [0.25, 0.3) is 5.76 Å². The molecule has 176 valence electrons. The van der Waals surface area contributed by atoms with Gasteiger partial charge in [-0.2, -0.15) is 0 Å². The van der Waals surface area contributed by atoms with Crippen molar-refractivity contribution in [3.63, 3.8) is 0 Å². The van der Waals surface area contributed by atoms with Gasteiger partial charge in [0.25, 0.3) is 11.7 Å². The first-order valence-electron chi connectivity index (χ1n) is 10.2. The minimum atomic E-state index is -0.869. The summed E-state index contributed by atoms with van der Waals surface area (Å²) in [6.07, 6.45) is 0.505. The molecule has 0 radical (unpaired) electrons. The number of benzene rings is 2. The number of carbonyl (C=O) groups excluding carboxylic acids is 2. The number of aliphatic hydroxyl groups excluding tert-OH is 1. The summed E-state index contributed by atoms with van der Waals surface area (Å²) in [5, 5.41) is 11.6. The highest BCUT2D eigenvalue weighted by molar-refractivity contribution is 6.46. The first kappa shape index (κ1) is 24.4. The fourth-order valence-electron chi connectivity index (χ4n) is 3.86. The molecule has 1 fully saturated rings. The molecule has 2 aromatic carbocycles. The average Bonchev–Trinajstić information content (AvgIpc) is 3.08. The van der Waals surface area contributed by atoms with Crippen LogP contribution >= 0.6 is 11.6 Å². The fourth-order valence-corrected chi connectivity index (χ4v) is 3.98. The molecule has 33 heavy (non-hydrogen) atoms. The van der Waals surface area contributed by atoms with Gasteiger partial charge in [-0.3, -0.25) is 9.59 Å². The summed E-state index contributed by atoms with van der Waals surface area (Å²) in [5.41, 5.74) is 0.859. The molecule has 1 saturated heterocycles. The number of ether oxygens (including phenoxy) is 4. The molecular formula is C24H26ClNO7. The van der Waals surface area contributed by atoms with Crippen LogP contribution in [-0.4, -0.2) is 63.3 Å². The number of hydrogen-bond acceptors (Lipinski definition) is 7. The highest BCUT2D eigenvalue weighted by Gasteiger charge is 2.46. The van der Waals surface area contributed by atoms with E-state index in [1.165, 1.54) is 26.2 Å². The third-order valence-electron chi connectivity index (χ3n) is 5.41. The van der Waals surface area contributed by atoms with Gasteiger partial charge < -0.3 is 29.0 Å². The molecule has 0 spiro atoms. The van der Waals surface area contributed by atoms with Gasteiger partial charge in [0.2, 0.25) is 5.75 Å². The van der Waals surface area contributed by atoms with Crippen molar-refractivity contribution in [3.05, 3.63) is 58.1 Å². The lowest BCUT2D eigenvalue weighted by Crippen LogP contribution is -2.31. The second-order valence-corrected chi connectivity index (χ2v) is 7.74. The Hall–Kier alpha value is -3.23.